The number of non-ortho nitro benzene ring substituents is 1. The van der Waals surface area contributed by atoms with Gasteiger partial charge >= 0.3 is 0 Å². The molecule has 1 heterocycles. The van der Waals surface area contributed by atoms with E-state index in [0.29, 0.717) is 6.54 Å². The van der Waals surface area contributed by atoms with E-state index in [4.69, 9.17) is 5.10 Å². The molecule has 154 valence electrons. The Hall–Kier alpha value is -3.32. The zero-order valence-corrected chi connectivity index (χ0v) is 18.4. The van der Waals surface area contributed by atoms with Gasteiger partial charge in [-0.05, 0) is 62.6 Å². The minimum Gasteiger partial charge on any atom is -0.258 e. The van der Waals surface area contributed by atoms with Gasteiger partial charge < -0.3 is 0 Å². The van der Waals surface area contributed by atoms with Crippen molar-refractivity contribution < 1.29 is 4.92 Å². The summed E-state index contributed by atoms with van der Waals surface area (Å²) in [7, 11) is 0. The lowest BCUT2D eigenvalue weighted by Gasteiger charge is -2.08. The van der Waals surface area contributed by atoms with E-state index < -0.39 is 4.92 Å². The van der Waals surface area contributed by atoms with Gasteiger partial charge in [-0.15, -0.1) is 11.3 Å². The Balaban J connectivity index is 2.12. The minimum atomic E-state index is -0.406. The summed E-state index contributed by atoms with van der Waals surface area (Å²) in [6.45, 7) is 12.5. The van der Waals surface area contributed by atoms with Gasteiger partial charge in [-0.3, -0.25) is 15.1 Å². The fraction of sp³-hybridized carbons (Fsp3) is 0.217. The van der Waals surface area contributed by atoms with E-state index in [1.807, 2.05) is 23.9 Å². The largest absolute Gasteiger partial charge is 0.269 e. The second-order valence-corrected chi connectivity index (χ2v) is 8.11. The number of hydrogen-bond donors (Lipinski definition) is 0. The summed E-state index contributed by atoms with van der Waals surface area (Å²) >= 11 is 1.53. The normalized spacial score (nSPS) is 12.3. The van der Waals surface area contributed by atoms with Crippen LogP contribution in [0.3, 0.4) is 0 Å². The molecule has 0 bridgehead atoms. The van der Waals surface area contributed by atoms with E-state index in [2.05, 4.69) is 43.6 Å². The van der Waals surface area contributed by atoms with Gasteiger partial charge in [-0.25, -0.2) is 4.68 Å². The third-order valence-corrected chi connectivity index (χ3v) is 5.57. The highest BCUT2D eigenvalue weighted by Gasteiger charge is 2.11. The van der Waals surface area contributed by atoms with E-state index in [0.717, 1.165) is 32.9 Å². The number of thiazole rings is 1. The van der Waals surface area contributed by atoms with Crippen molar-refractivity contribution in [3.8, 4) is 11.3 Å². The molecule has 2 aromatic carbocycles. The van der Waals surface area contributed by atoms with Crippen LogP contribution in [-0.4, -0.2) is 21.9 Å². The Morgan fingerprint density at radius 2 is 1.83 bits per heavy atom. The highest BCUT2D eigenvalue weighted by molar-refractivity contribution is 7.07. The van der Waals surface area contributed by atoms with Crippen LogP contribution in [0.15, 0.2) is 70.1 Å². The molecule has 0 atom stereocenters. The van der Waals surface area contributed by atoms with Crippen molar-refractivity contribution in [3.05, 3.63) is 91.6 Å². The Morgan fingerprint density at radius 3 is 2.43 bits per heavy atom. The molecule has 0 aliphatic rings. The number of nitrogens with zero attached hydrogens (tertiary/aromatic N) is 4. The second-order valence-electron chi connectivity index (χ2n) is 7.28. The van der Waals surface area contributed by atoms with Crippen molar-refractivity contribution in [2.24, 2.45) is 10.1 Å². The van der Waals surface area contributed by atoms with Crippen LogP contribution >= 0.6 is 11.3 Å². The first kappa shape index (κ1) is 21.4. The van der Waals surface area contributed by atoms with Crippen molar-refractivity contribution in [1.29, 1.82) is 0 Å². The van der Waals surface area contributed by atoms with E-state index in [1.165, 1.54) is 34.6 Å². The molecule has 1 aromatic heterocycles. The molecule has 0 saturated heterocycles. The van der Waals surface area contributed by atoms with E-state index in [9.17, 15) is 10.1 Å². The standard InChI is InChI=1S/C23H24N4O2S/c1-15(2)13-24-23-26(22(14-30-23)20-7-6-16(3)17(4)12-20)25-18(5)19-8-10-21(11-9-19)27(28)29/h6-12,14H,1,13H2,2-5H3. The van der Waals surface area contributed by atoms with Gasteiger partial charge in [-0.1, -0.05) is 24.3 Å². The van der Waals surface area contributed by atoms with Gasteiger partial charge in [0.25, 0.3) is 5.69 Å². The maximum Gasteiger partial charge on any atom is 0.269 e. The van der Waals surface area contributed by atoms with Crippen LogP contribution in [0.1, 0.15) is 30.5 Å². The third-order valence-electron chi connectivity index (χ3n) is 4.72. The summed E-state index contributed by atoms with van der Waals surface area (Å²) in [6, 6.07) is 12.7. The SMILES string of the molecule is C=C(C)CN=c1scc(-c2ccc(C)c(C)c2)n1N=C(C)c1ccc([N+](=O)[O-])cc1. The van der Waals surface area contributed by atoms with Crippen molar-refractivity contribution in [2.45, 2.75) is 27.7 Å². The molecule has 0 N–H and O–H groups in total. The molecule has 0 amide bonds. The predicted octanol–water partition coefficient (Wildman–Crippen LogP) is 5.49. The molecule has 0 fully saturated rings. The summed E-state index contributed by atoms with van der Waals surface area (Å²) < 4.78 is 1.84. The molecular weight excluding hydrogens is 396 g/mol. The lowest BCUT2D eigenvalue weighted by molar-refractivity contribution is -0.384. The fourth-order valence-corrected chi connectivity index (χ4v) is 3.67. The quantitative estimate of drug-likeness (QED) is 0.229. The zero-order chi connectivity index (χ0) is 21.8. The Kier molecular flexibility index (Phi) is 6.42. The molecule has 0 aliphatic carbocycles. The van der Waals surface area contributed by atoms with Gasteiger partial charge in [0.15, 0.2) is 0 Å². The van der Waals surface area contributed by atoms with Gasteiger partial charge in [0, 0.05) is 23.1 Å². The van der Waals surface area contributed by atoms with Crippen molar-refractivity contribution in [1.82, 2.24) is 4.68 Å². The van der Waals surface area contributed by atoms with E-state index in [-0.39, 0.29) is 5.69 Å². The maximum atomic E-state index is 10.9. The second kappa shape index (κ2) is 9.00. The van der Waals surface area contributed by atoms with E-state index >= 15 is 0 Å². The van der Waals surface area contributed by atoms with Gasteiger partial charge in [0.2, 0.25) is 4.80 Å². The van der Waals surface area contributed by atoms with Crippen molar-refractivity contribution >= 4 is 22.7 Å². The van der Waals surface area contributed by atoms with Crippen LogP contribution in [0.5, 0.6) is 0 Å². The predicted molar refractivity (Wildman–Crippen MR) is 123 cm³/mol. The van der Waals surface area contributed by atoms with Crippen LogP contribution in [0.25, 0.3) is 11.3 Å². The summed E-state index contributed by atoms with van der Waals surface area (Å²) in [4.78, 5) is 15.9. The molecule has 0 radical (unpaired) electrons. The monoisotopic (exact) mass is 420 g/mol. The van der Waals surface area contributed by atoms with Gasteiger partial charge in [-0.2, -0.15) is 5.10 Å². The van der Waals surface area contributed by atoms with Crippen LogP contribution in [-0.2, 0) is 0 Å². The van der Waals surface area contributed by atoms with Crippen LogP contribution < -0.4 is 4.80 Å². The molecule has 0 unspecified atom stereocenters. The number of nitro groups is 1. The number of benzene rings is 2. The first-order chi connectivity index (χ1) is 14.3. The number of aryl methyl sites for hydroxylation is 2. The number of aromatic nitrogens is 1. The Morgan fingerprint density at radius 1 is 1.13 bits per heavy atom. The summed E-state index contributed by atoms with van der Waals surface area (Å²) in [6.07, 6.45) is 0. The van der Waals surface area contributed by atoms with E-state index in [1.54, 1.807) is 12.1 Å². The fourth-order valence-electron chi connectivity index (χ4n) is 2.84. The minimum absolute atomic E-state index is 0.0581. The molecular formula is C23H24N4O2S. The van der Waals surface area contributed by atoms with Crippen molar-refractivity contribution in [3.63, 3.8) is 0 Å². The van der Waals surface area contributed by atoms with Gasteiger partial charge in [0.05, 0.1) is 22.9 Å². The number of rotatable bonds is 6. The maximum absolute atomic E-state index is 10.9. The number of hydrogen-bond acceptors (Lipinski definition) is 5. The topological polar surface area (TPSA) is 72.8 Å². The van der Waals surface area contributed by atoms with Crippen molar-refractivity contribution in [2.75, 3.05) is 6.54 Å². The first-order valence-electron chi connectivity index (χ1n) is 9.49. The molecule has 0 spiro atoms. The number of nitro benzene ring substituents is 1. The summed E-state index contributed by atoms with van der Waals surface area (Å²) in [5.41, 5.74) is 7.04. The highest BCUT2D eigenvalue weighted by atomic mass is 32.1. The Bertz CT molecular complexity index is 1200. The van der Waals surface area contributed by atoms with Gasteiger partial charge in [0.1, 0.15) is 0 Å². The molecule has 3 aromatic rings. The molecule has 6 nitrogen and oxygen atoms in total. The highest BCUT2D eigenvalue weighted by Crippen LogP contribution is 2.23. The average Bonchev–Trinajstić information content (AvgIpc) is 3.11. The molecule has 0 aliphatic heterocycles. The lowest BCUT2D eigenvalue weighted by atomic mass is 10.1. The molecule has 0 saturated carbocycles. The molecule has 3 rings (SSSR count). The Labute approximate surface area is 179 Å². The average molecular weight is 421 g/mol. The smallest absolute Gasteiger partial charge is 0.258 e. The van der Waals surface area contributed by atoms with Crippen LogP contribution in [0, 0.1) is 24.0 Å². The van der Waals surface area contributed by atoms with Crippen LogP contribution in [0.4, 0.5) is 5.69 Å². The molecule has 7 heteroatoms. The summed E-state index contributed by atoms with van der Waals surface area (Å²) in [5, 5.41) is 17.8. The zero-order valence-electron chi connectivity index (χ0n) is 17.5. The van der Waals surface area contributed by atoms with Crippen LogP contribution in [0.2, 0.25) is 0 Å². The first-order valence-corrected chi connectivity index (χ1v) is 10.4. The lowest BCUT2D eigenvalue weighted by Crippen LogP contribution is -2.15. The summed E-state index contributed by atoms with van der Waals surface area (Å²) in [5.74, 6) is 0. The molecule has 30 heavy (non-hydrogen) atoms. The third kappa shape index (κ3) is 4.80.